The Labute approximate surface area is 146 Å². The summed E-state index contributed by atoms with van der Waals surface area (Å²) in [6.45, 7) is 0. The first-order valence-corrected chi connectivity index (χ1v) is 7.79. The van der Waals surface area contributed by atoms with Crippen LogP contribution in [0.25, 0.3) is 0 Å². The van der Waals surface area contributed by atoms with Gasteiger partial charge in [0.25, 0.3) is 0 Å². The van der Waals surface area contributed by atoms with Crippen molar-refractivity contribution in [2.45, 2.75) is 12.3 Å². The van der Waals surface area contributed by atoms with Gasteiger partial charge in [0.15, 0.2) is 0 Å². The Morgan fingerprint density at radius 2 is 1.44 bits per heavy atom. The van der Waals surface area contributed by atoms with Gasteiger partial charge in [-0.3, -0.25) is 4.79 Å². The van der Waals surface area contributed by atoms with Gasteiger partial charge in [-0.05, 0) is 17.7 Å². The molecule has 2 aromatic carbocycles. The molecule has 0 aliphatic carbocycles. The minimum absolute atomic E-state index is 0.200. The van der Waals surface area contributed by atoms with Crippen LogP contribution < -0.4 is 23.7 Å². The largest absolute Gasteiger partial charge is 0.497 e. The number of rotatable bonds is 5. The highest BCUT2D eigenvalue weighted by molar-refractivity contribution is 5.79. The number of carbonyl (C=O) groups is 1. The molecule has 25 heavy (non-hydrogen) atoms. The molecule has 2 aromatic rings. The van der Waals surface area contributed by atoms with Crippen LogP contribution in [-0.4, -0.2) is 34.4 Å². The quantitative estimate of drug-likeness (QED) is 0.613. The number of hydrogen-bond donors (Lipinski definition) is 0. The summed E-state index contributed by atoms with van der Waals surface area (Å²) in [5.41, 5.74) is 1.69. The second-order valence-corrected chi connectivity index (χ2v) is 5.62. The SMILES string of the molecule is COc1cc(OC)cc(C2CC(=O)Oc3cc(OC)cc(OC)c32)c1. The lowest BCUT2D eigenvalue weighted by atomic mass is 9.85. The van der Waals surface area contributed by atoms with Gasteiger partial charge in [-0.1, -0.05) is 0 Å². The molecule has 1 unspecified atom stereocenters. The van der Waals surface area contributed by atoms with Crippen molar-refractivity contribution in [1.29, 1.82) is 0 Å². The van der Waals surface area contributed by atoms with Crippen LogP contribution >= 0.6 is 0 Å². The van der Waals surface area contributed by atoms with Crippen molar-refractivity contribution in [2.75, 3.05) is 28.4 Å². The van der Waals surface area contributed by atoms with Gasteiger partial charge in [-0.15, -0.1) is 0 Å². The number of ether oxygens (including phenoxy) is 5. The molecule has 6 heteroatoms. The Kier molecular flexibility index (Phi) is 4.70. The Hall–Kier alpha value is -2.89. The molecule has 1 heterocycles. The number of fused-ring (bicyclic) bond motifs is 1. The molecule has 0 saturated heterocycles. The van der Waals surface area contributed by atoms with Crippen LogP contribution in [0.4, 0.5) is 0 Å². The number of methoxy groups -OCH3 is 4. The van der Waals surface area contributed by atoms with Gasteiger partial charge in [0.2, 0.25) is 0 Å². The summed E-state index contributed by atoms with van der Waals surface area (Å²) in [5, 5.41) is 0. The molecule has 1 aliphatic rings. The normalized spacial score (nSPS) is 15.8. The molecule has 1 aliphatic heterocycles. The van der Waals surface area contributed by atoms with Crippen molar-refractivity contribution in [3.8, 4) is 28.7 Å². The summed E-state index contributed by atoms with van der Waals surface area (Å²) in [5.74, 6) is 2.38. The summed E-state index contributed by atoms with van der Waals surface area (Å²) in [7, 11) is 6.31. The van der Waals surface area contributed by atoms with Crippen LogP contribution in [0.1, 0.15) is 23.5 Å². The first-order valence-electron chi connectivity index (χ1n) is 7.79. The van der Waals surface area contributed by atoms with Gasteiger partial charge < -0.3 is 23.7 Å². The molecule has 0 spiro atoms. The third-order valence-corrected chi connectivity index (χ3v) is 4.25. The Morgan fingerprint density at radius 1 is 0.840 bits per heavy atom. The van der Waals surface area contributed by atoms with E-state index in [4.69, 9.17) is 23.7 Å². The minimum atomic E-state index is -0.311. The van der Waals surface area contributed by atoms with Gasteiger partial charge >= 0.3 is 5.97 Å². The van der Waals surface area contributed by atoms with Crippen molar-refractivity contribution in [2.24, 2.45) is 0 Å². The molecule has 6 nitrogen and oxygen atoms in total. The van der Waals surface area contributed by atoms with Crippen molar-refractivity contribution in [3.05, 3.63) is 41.5 Å². The van der Waals surface area contributed by atoms with E-state index in [0.29, 0.717) is 28.7 Å². The van der Waals surface area contributed by atoms with E-state index in [-0.39, 0.29) is 18.3 Å². The van der Waals surface area contributed by atoms with E-state index in [1.54, 1.807) is 46.6 Å². The molecule has 0 fully saturated rings. The highest BCUT2D eigenvalue weighted by Crippen LogP contribution is 2.47. The smallest absolute Gasteiger partial charge is 0.312 e. The Bertz CT molecular complexity index is 776. The van der Waals surface area contributed by atoms with Crippen LogP contribution in [-0.2, 0) is 4.79 Å². The molecular formula is C19H20O6. The molecule has 132 valence electrons. The summed E-state index contributed by atoms with van der Waals surface area (Å²) in [4.78, 5) is 12.2. The van der Waals surface area contributed by atoms with Crippen LogP contribution in [0, 0.1) is 0 Å². The zero-order valence-corrected chi connectivity index (χ0v) is 14.6. The molecule has 0 saturated carbocycles. The lowest BCUT2D eigenvalue weighted by Crippen LogP contribution is -2.22. The van der Waals surface area contributed by atoms with Crippen molar-refractivity contribution in [3.63, 3.8) is 0 Å². The second kappa shape index (κ2) is 6.93. The third kappa shape index (κ3) is 3.20. The van der Waals surface area contributed by atoms with Gasteiger partial charge in [0.1, 0.15) is 28.7 Å². The Balaban J connectivity index is 2.18. The minimum Gasteiger partial charge on any atom is -0.497 e. The van der Waals surface area contributed by atoms with E-state index < -0.39 is 0 Å². The molecule has 1 atom stereocenters. The fourth-order valence-electron chi connectivity index (χ4n) is 3.04. The van der Waals surface area contributed by atoms with Crippen molar-refractivity contribution < 1.29 is 28.5 Å². The standard InChI is InChI=1S/C19H20O6/c1-21-12-5-11(6-13(7-12)22-2)15-10-18(20)25-17-9-14(23-3)8-16(24-4)19(15)17/h5-9,15H,10H2,1-4H3. The zero-order chi connectivity index (χ0) is 18.0. The maximum atomic E-state index is 12.2. The number of carbonyl (C=O) groups excluding carboxylic acids is 1. The second-order valence-electron chi connectivity index (χ2n) is 5.62. The summed E-state index contributed by atoms with van der Waals surface area (Å²) < 4.78 is 26.9. The molecular weight excluding hydrogens is 324 g/mol. The predicted octanol–water partition coefficient (Wildman–Crippen LogP) is 3.16. The first kappa shape index (κ1) is 17.0. The van der Waals surface area contributed by atoms with E-state index in [1.807, 2.05) is 12.1 Å². The molecule has 0 N–H and O–H groups in total. The lowest BCUT2D eigenvalue weighted by molar-refractivity contribution is -0.135. The average Bonchev–Trinajstić information content (AvgIpc) is 2.65. The maximum Gasteiger partial charge on any atom is 0.312 e. The average molecular weight is 344 g/mol. The highest BCUT2D eigenvalue weighted by Gasteiger charge is 2.33. The molecule has 3 rings (SSSR count). The lowest BCUT2D eigenvalue weighted by Gasteiger charge is -2.27. The molecule has 0 radical (unpaired) electrons. The molecule has 0 aromatic heterocycles. The zero-order valence-electron chi connectivity index (χ0n) is 14.6. The third-order valence-electron chi connectivity index (χ3n) is 4.25. The predicted molar refractivity (Wildman–Crippen MR) is 91.2 cm³/mol. The van der Waals surface area contributed by atoms with E-state index in [0.717, 1.165) is 11.1 Å². The molecule has 0 amide bonds. The van der Waals surface area contributed by atoms with Gasteiger partial charge in [-0.2, -0.15) is 0 Å². The molecule has 0 bridgehead atoms. The van der Waals surface area contributed by atoms with Crippen LogP contribution in [0.3, 0.4) is 0 Å². The number of hydrogen-bond acceptors (Lipinski definition) is 6. The first-order chi connectivity index (χ1) is 12.1. The van der Waals surface area contributed by atoms with Crippen molar-refractivity contribution in [1.82, 2.24) is 0 Å². The van der Waals surface area contributed by atoms with Gasteiger partial charge in [-0.25, -0.2) is 0 Å². The summed E-state index contributed by atoms with van der Waals surface area (Å²) in [6.07, 6.45) is 0.200. The Morgan fingerprint density at radius 3 is 2.00 bits per heavy atom. The van der Waals surface area contributed by atoms with Crippen molar-refractivity contribution >= 4 is 5.97 Å². The summed E-state index contributed by atoms with van der Waals surface area (Å²) >= 11 is 0. The highest BCUT2D eigenvalue weighted by atomic mass is 16.5. The number of benzene rings is 2. The summed E-state index contributed by atoms with van der Waals surface area (Å²) in [6, 6.07) is 9.04. The van der Waals surface area contributed by atoms with E-state index >= 15 is 0 Å². The van der Waals surface area contributed by atoms with Crippen LogP contribution in [0.5, 0.6) is 28.7 Å². The van der Waals surface area contributed by atoms with Gasteiger partial charge in [0, 0.05) is 29.7 Å². The van der Waals surface area contributed by atoms with Crippen LogP contribution in [0.2, 0.25) is 0 Å². The van der Waals surface area contributed by atoms with E-state index in [9.17, 15) is 4.79 Å². The fraction of sp³-hybridized carbons (Fsp3) is 0.316. The monoisotopic (exact) mass is 344 g/mol. The van der Waals surface area contributed by atoms with E-state index in [1.165, 1.54) is 0 Å². The topological polar surface area (TPSA) is 63.2 Å². The van der Waals surface area contributed by atoms with Gasteiger partial charge in [0.05, 0.1) is 34.9 Å². The number of esters is 1. The fourth-order valence-corrected chi connectivity index (χ4v) is 3.04. The van der Waals surface area contributed by atoms with Crippen LogP contribution in [0.15, 0.2) is 30.3 Å². The van der Waals surface area contributed by atoms with E-state index in [2.05, 4.69) is 0 Å². The maximum absolute atomic E-state index is 12.2.